The number of hydrogen-bond acceptors (Lipinski definition) is 2. The molecular weight excluding hydrogens is 128 g/mol. The molecule has 0 aromatic heterocycles. The van der Waals surface area contributed by atoms with Crippen molar-refractivity contribution in [3.63, 3.8) is 0 Å². The second-order valence-corrected chi connectivity index (χ2v) is 2.15. The number of rotatable bonds is 4. The van der Waals surface area contributed by atoms with Crippen LogP contribution in [0.4, 0.5) is 0 Å². The third kappa shape index (κ3) is 5.35. The first-order valence-corrected chi connectivity index (χ1v) is 3.45. The van der Waals surface area contributed by atoms with E-state index in [4.69, 9.17) is 4.74 Å². The Hall–Kier alpha value is -0.790. The van der Waals surface area contributed by atoms with Gasteiger partial charge in [-0.1, -0.05) is 0 Å². The van der Waals surface area contributed by atoms with Crippen LogP contribution in [0.5, 0.6) is 0 Å². The highest BCUT2D eigenvalue weighted by Gasteiger charge is 1.89. The van der Waals surface area contributed by atoms with E-state index < -0.39 is 0 Å². The minimum Gasteiger partial charge on any atom is -0.499 e. The van der Waals surface area contributed by atoms with Crippen molar-refractivity contribution in [2.24, 2.45) is 0 Å². The number of ketones is 1. The van der Waals surface area contributed by atoms with Gasteiger partial charge >= 0.3 is 0 Å². The lowest BCUT2D eigenvalue weighted by atomic mass is 10.3. The van der Waals surface area contributed by atoms with Gasteiger partial charge in [0.25, 0.3) is 0 Å². The average Bonchev–Trinajstić information content (AvgIpc) is 1.85. The van der Waals surface area contributed by atoms with Crippen molar-refractivity contribution < 1.29 is 9.53 Å². The molecule has 0 spiro atoms. The molecule has 0 aromatic rings. The number of hydrogen-bond donors (Lipinski definition) is 0. The van der Waals surface area contributed by atoms with Crippen molar-refractivity contribution in [1.29, 1.82) is 0 Å². The molecule has 0 atom stereocenters. The van der Waals surface area contributed by atoms with E-state index in [0.717, 1.165) is 5.76 Å². The minimum absolute atomic E-state index is 0.166. The summed E-state index contributed by atoms with van der Waals surface area (Å²) >= 11 is 0. The lowest BCUT2D eigenvalue weighted by Gasteiger charge is -2.00. The first-order chi connectivity index (χ1) is 4.66. The maximum Gasteiger partial charge on any atom is 0.133 e. The van der Waals surface area contributed by atoms with Crippen molar-refractivity contribution in [3.05, 3.63) is 11.8 Å². The van der Waals surface area contributed by atoms with Crippen LogP contribution in [-0.4, -0.2) is 12.4 Å². The second kappa shape index (κ2) is 5.03. The van der Waals surface area contributed by atoms with Crippen LogP contribution in [0, 0.1) is 0 Å². The Morgan fingerprint density at radius 2 is 2.10 bits per heavy atom. The zero-order valence-electron chi connectivity index (χ0n) is 6.81. The molecule has 0 aliphatic heterocycles. The van der Waals surface area contributed by atoms with Gasteiger partial charge in [-0.2, -0.15) is 0 Å². The highest BCUT2D eigenvalue weighted by Crippen LogP contribution is 1.97. The Morgan fingerprint density at radius 1 is 1.50 bits per heavy atom. The van der Waals surface area contributed by atoms with Gasteiger partial charge in [-0.15, -0.1) is 0 Å². The normalized spacial score (nSPS) is 11.3. The SMILES string of the molecule is CCO/C(C)=C\CC(C)=O. The van der Waals surface area contributed by atoms with Gasteiger partial charge in [0.2, 0.25) is 0 Å². The molecule has 0 rings (SSSR count). The molecule has 0 fully saturated rings. The lowest BCUT2D eigenvalue weighted by Crippen LogP contribution is -1.90. The zero-order valence-corrected chi connectivity index (χ0v) is 6.81. The standard InChI is InChI=1S/C8H14O2/c1-4-10-8(3)6-5-7(2)9/h6H,4-5H2,1-3H3/b8-6-. The first kappa shape index (κ1) is 9.21. The van der Waals surface area contributed by atoms with Crippen LogP contribution in [0.15, 0.2) is 11.8 Å². The number of Topliss-reactive ketones (excluding diaryl/α,β-unsaturated/α-hetero) is 1. The Labute approximate surface area is 61.9 Å². The average molecular weight is 142 g/mol. The highest BCUT2D eigenvalue weighted by atomic mass is 16.5. The van der Waals surface area contributed by atoms with E-state index in [9.17, 15) is 4.79 Å². The molecule has 0 unspecified atom stereocenters. The van der Waals surface area contributed by atoms with Crippen LogP contribution < -0.4 is 0 Å². The van der Waals surface area contributed by atoms with Crippen molar-refractivity contribution in [3.8, 4) is 0 Å². The predicted molar refractivity (Wildman–Crippen MR) is 40.7 cm³/mol. The van der Waals surface area contributed by atoms with Crippen LogP contribution in [-0.2, 0) is 9.53 Å². The molecule has 0 aromatic carbocycles. The van der Waals surface area contributed by atoms with Gasteiger partial charge < -0.3 is 4.74 Å². The molecule has 0 bridgehead atoms. The molecule has 0 saturated carbocycles. The Bertz CT molecular complexity index is 136. The number of carbonyl (C=O) groups is 1. The first-order valence-electron chi connectivity index (χ1n) is 3.45. The van der Waals surface area contributed by atoms with Gasteiger partial charge in [0.1, 0.15) is 5.78 Å². The maximum atomic E-state index is 10.5. The van der Waals surface area contributed by atoms with E-state index in [0.29, 0.717) is 13.0 Å². The van der Waals surface area contributed by atoms with Gasteiger partial charge in [0, 0.05) is 6.42 Å². The summed E-state index contributed by atoms with van der Waals surface area (Å²) in [7, 11) is 0. The fourth-order valence-corrected chi connectivity index (χ4v) is 0.574. The van der Waals surface area contributed by atoms with E-state index >= 15 is 0 Å². The van der Waals surface area contributed by atoms with Crippen molar-refractivity contribution in [1.82, 2.24) is 0 Å². The summed E-state index contributed by atoms with van der Waals surface area (Å²) in [5.74, 6) is 0.997. The maximum absolute atomic E-state index is 10.5. The van der Waals surface area contributed by atoms with Crippen LogP contribution in [0.3, 0.4) is 0 Å². The summed E-state index contributed by atoms with van der Waals surface area (Å²) in [6.45, 7) is 6.01. The highest BCUT2D eigenvalue weighted by molar-refractivity contribution is 5.77. The van der Waals surface area contributed by atoms with Crippen molar-refractivity contribution in [2.75, 3.05) is 6.61 Å². The fraction of sp³-hybridized carbons (Fsp3) is 0.625. The minimum atomic E-state index is 0.166. The molecule has 0 saturated heterocycles. The smallest absolute Gasteiger partial charge is 0.133 e. The number of carbonyl (C=O) groups excluding carboxylic acids is 1. The van der Waals surface area contributed by atoms with E-state index in [1.165, 1.54) is 0 Å². The van der Waals surface area contributed by atoms with Gasteiger partial charge in [0.15, 0.2) is 0 Å². The van der Waals surface area contributed by atoms with E-state index in [1.807, 2.05) is 13.8 Å². The van der Waals surface area contributed by atoms with Gasteiger partial charge in [-0.05, 0) is 26.8 Å². The number of allylic oxidation sites excluding steroid dienone is 2. The lowest BCUT2D eigenvalue weighted by molar-refractivity contribution is -0.116. The zero-order chi connectivity index (χ0) is 7.98. The molecule has 0 N–H and O–H groups in total. The summed E-state index contributed by atoms with van der Waals surface area (Å²) in [5, 5.41) is 0. The predicted octanol–water partition coefficient (Wildman–Crippen LogP) is 1.91. The molecule has 2 nitrogen and oxygen atoms in total. The molecular formula is C8H14O2. The van der Waals surface area contributed by atoms with Crippen molar-refractivity contribution >= 4 is 5.78 Å². The molecule has 0 amide bonds. The third-order valence-corrected chi connectivity index (χ3v) is 1.05. The van der Waals surface area contributed by atoms with E-state index in [-0.39, 0.29) is 5.78 Å². The van der Waals surface area contributed by atoms with Crippen molar-refractivity contribution in [2.45, 2.75) is 27.2 Å². The van der Waals surface area contributed by atoms with Crippen LogP contribution in [0.2, 0.25) is 0 Å². The fourth-order valence-electron chi connectivity index (χ4n) is 0.574. The summed E-state index contributed by atoms with van der Waals surface area (Å²) in [4.78, 5) is 10.5. The summed E-state index contributed by atoms with van der Waals surface area (Å²) in [6.07, 6.45) is 2.28. The molecule has 0 aliphatic carbocycles. The second-order valence-electron chi connectivity index (χ2n) is 2.15. The molecule has 0 heterocycles. The van der Waals surface area contributed by atoms with Crippen LogP contribution in [0.25, 0.3) is 0 Å². The van der Waals surface area contributed by atoms with Gasteiger partial charge in [-0.3, -0.25) is 4.79 Å². The number of ether oxygens (including phenoxy) is 1. The largest absolute Gasteiger partial charge is 0.499 e. The Balaban J connectivity index is 3.57. The van der Waals surface area contributed by atoms with Crippen LogP contribution >= 0.6 is 0 Å². The van der Waals surface area contributed by atoms with Gasteiger partial charge in [0.05, 0.1) is 12.4 Å². The topological polar surface area (TPSA) is 26.3 Å². The Kier molecular flexibility index (Phi) is 4.63. The molecule has 58 valence electrons. The summed E-state index contributed by atoms with van der Waals surface area (Å²) in [6, 6.07) is 0. The third-order valence-electron chi connectivity index (χ3n) is 1.05. The molecule has 0 radical (unpaired) electrons. The molecule has 10 heavy (non-hydrogen) atoms. The monoisotopic (exact) mass is 142 g/mol. The quantitative estimate of drug-likeness (QED) is 0.560. The summed E-state index contributed by atoms with van der Waals surface area (Å²) in [5.41, 5.74) is 0. The van der Waals surface area contributed by atoms with Crippen LogP contribution in [0.1, 0.15) is 27.2 Å². The Morgan fingerprint density at radius 3 is 2.50 bits per heavy atom. The summed E-state index contributed by atoms with van der Waals surface area (Å²) < 4.78 is 5.10. The molecule has 0 aliphatic rings. The van der Waals surface area contributed by atoms with E-state index in [1.54, 1.807) is 13.0 Å². The molecule has 2 heteroatoms. The van der Waals surface area contributed by atoms with E-state index in [2.05, 4.69) is 0 Å². The van der Waals surface area contributed by atoms with Gasteiger partial charge in [-0.25, -0.2) is 0 Å².